The number of hydrogen-bond acceptors (Lipinski definition) is 11. The Bertz CT molecular complexity index is 3710. The Kier molecular flexibility index (Phi) is 22.1. The Hall–Kier alpha value is -5.96. The van der Waals surface area contributed by atoms with E-state index in [1.165, 1.54) is 34.6 Å². The first-order valence-electron chi connectivity index (χ1n) is 29.4. The van der Waals surface area contributed by atoms with Crippen molar-refractivity contribution < 1.29 is 44.2 Å². The van der Waals surface area contributed by atoms with Crippen molar-refractivity contribution in [2.24, 2.45) is 27.7 Å². The van der Waals surface area contributed by atoms with E-state index in [9.17, 15) is 31.3 Å². The Morgan fingerprint density at radius 1 is 0.702 bits per heavy atom. The van der Waals surface area contributed by atoms with Gasteiger partial charge in [-0.15, -0.1) is 0 Å². The van der Waals surface area contributed by atoms with Gasteiger partial charge >= 0.3 is 0 Å². The molecule has 6 rings (SSSR count). The van der Waals surface area contributed by atoms with E-state index in [0.29, 0.717) is 52.3 Å². The highest BCUT2D eigenvalue weighted by Crippen LogP contribution is 2.48. The van der Waals surface area contributed by atoms with Crippen molar-refractivity contribution in [2.45, 2.75) is 185 Å². The van der Waals surface area contributed by atoms with Gasteiger partial charge in [0.25, 0.3) is 10.1 Å². The second kappa shape index (κ2) is 27.6. The highest BCUT2D eigenvalue weighted by atomic mass is 32.2. The van der Waals surface area contributed by atoms with Crippen molar-refractivity contribution in [2.75, 3.05) is 33.3 Å². The van der Waals surface area contributed by atoms with E-state index in [1.54, 1.807) is 18.2 Å². The third-order valence-electron chi connectivity index (χ3n) is 15.5. The minimum atomic E-state index is -4.99. The van der Waals surface area contributed by atoms with Crippen LogP contribution in [0.4, 0.5) is 34.1 Å². The number of nitrogens with zero attached hydrogens (tertiary/aromatic N) is 2. The van der Waals surface area contributed by atoms with Crippen LogP contribution in [0.3, 0.4) is 0 Å². The maximum Gasteiger partial charge on any atom is 0.295 e. The van der Waals surface area contributed by atoms with Crippen molar-refractivity contribution >= 4 is 88.3 Å². The van der Waals surface area contributed by atoms with Crippen LogP contribution < -0.4 is 30.3 Å². The van der Waals surface area contributed by atoms with Gasteiger partial charge in [0.2, 0.25) is 21.8 Å². The van der Waals surface area contributed by atoms with Crippen molar-refractivity contribution in [1.82, 2.24) is 4.72 Å². The largest absolute Gasteiger partial charge is 0.755 e. The summed E-state index contributed by atoms with van der Waals surface area (Å²) in [4.78, 5) is 31.4. The highest BCUT2D eigenvalue weighted by molar-refractivity contribution is 7.89. The molecule has 0 fully saturated rings. The summed E-state index contributed by atoms with van der Waals surface area (Å²) in [7, 11) is -9.47. The Labute approximate surface area is 502 Å². The van der Waals surface area contributed by atoms with Crippen LogP contribution in [0.2, 0.25) is 0 Å². The summed E-state index contributed by atoms with van der Waals surface area (Å²) in [5.74, 6) is -0.370. The van der Waals surface area contributed by atoms with Gasteiger partial charge in [-0.3, -0.25) is 18.4 Å². The summed E-state index contributed by atoms with van der Waals surface area (Å²) in [6.45, 7) is 31.5. The number of rotatable bonds is 25. The van der Waals surface area contributed by atoms with E-state index in [1.807, 2.05) is 109 Å². The van der Waals surface area contributed by atoms with E-state index in [2.05, 4.69) is 34.5 Å². The van der Waals surface area contributed by atoms with Gasteiger partial charge in [-0.25, -0.2) is 18.1 Å². The molecule has 19 heteroatoms. The zero-order valence-corrected chi connectivity index (χ0v) is 54.6. The van der Waals surface area contributed by atoms with Gasteiger partial charge in [0.05, 0.1) is 22.4 Å². The molecule has 0 saturated carbocycles. The molecule has 0 bridgehead atoms. The molecule has 2 aliphatic rings. The maximum absolute atomic E-state index is 15.2. The molecule has 0 radical (unpaired) electrons. The van der Waals surface area contributed by atoms with E-state index in [4.69, 9.17) is 9.41 Å². The molecule has 1 aliphatic heterocycles. The van der Waals surface area contributed by atoms with E-state index in [-0.39, 0.29) is 115 Å². The predicted octanol–water partition coefficient (Wildman–Crippen LogP) is 15.3. The quantitative estimate of drug-likeness (QED) is 0.0205. The van der Waals surface area contributed by atoms with E-state index in [0.717, 1.165) is 55.2 Å². The zero-order valence-electron chi connectivity index (χ0n) is 52.2. The average molecular weight is 1210 g/mol. The molecule has 1 heterocycles. The van der Waals surface area contributed by atoms with Crippen molar-refractivity contribution in [3.63, 3.8) is 0 Å². The lowest BCUT2D eigenvalue weighted by Crippen LogP contribution is -2.32. The topological polar surface area (TPSA) is 240 Å². The monoisotopic (exact) mass is 1210 g/mol. The number of sulfonamides is 1. The first-order valence-corrected chi connectivity index (χ1v) is 33.3. The molecule has 0 aromatic heterocycles. The lowest BCUT2D eigenvalue weighted by atomic mass is 9.91. The summed E-state index contributed by atoms with van der Waals surface area (Å²) in [5, 5.41) is 9.95. The maximum atomic E-state index is 15.2. The van der Waals surface area contributed by atoms with Crippen LogP contribution in [-0.4, -0.2) is 55.1 Å². The first kappa shape index (κ1) is 67.2. The minimum absolute atomic E-state index is 0.00822. The molecule has 4 aromatic rings. The summed E-state index contributed by atoms with van der Waals surface area (Å²) >= 11 is -2.89. The molecule has 3 unspecified atom stereocenters. The number of hydrogen-bond donors (Lipinski definition) is 5. The smallest absolute Gasteiger partial charge is 0.295 e. The fourth-order valence-electron chi connectivity index (χ4n) is 11.1. The molecule has 0 spiro atoms. The third kappa shape index (κ3) is 16.5. The highest BCUT2D eigenvalue weighted by Gasteiger charge is 2.31. The number of anilines is 5. The molecule has 16 nitrogen and oxygen atoms in total. The second-order valence-electron chi connectivity index (χ2n) is 25.1. The molecular weight excluding hydrogens is 1120 g/mol. The van der Waals surface area contributed by atoms with E-state index < -0.39 is 36.3 Å². The number of nitrogens with one attached hydrogen (secondary N) is 4. The molecule has 3 atom stereocenters. The lowest BCUT2D eigenvalue weighted by Gasteiger charge is -2.33. The fourth-order valence-corrected chi connectivity index (χ4v) is 13.7. The lowest BCUT2D eigenvalue weighted by molar-refractivity contribution is -0.118. The second-order valence-corrected chi connectivity index (χ2v) is 29.1. The van der Waals surface area contributed by atoms with Crippen LogP contribution in [0, 0.1) is 64.2 Å². The van der Waals surface area contributed by atoms with Crippen LogP contribution in [0.25, 0.3) is 33.4 Å². The third-order valence-corrected chi connectivity index (χ3v) is 18.5. The summed E-state index contributed by atoms with van der Waals surface area (Å²) in [6.07, 6.45) is 6.99. The van der Waals surface area contributed by atoms with Crippen molar-refractivity contribution in [1.29, 1.82) is 0 Å². The molecule has 458 valence electrons. The number of carbonyl (C=O) groups excluding carboxylic acids is 2. The Morgan fingerprint density at radius 3 is 1.80 bits per heavy atom. The Balaban J connectivity index is 1.82. The number of fused-ring (bicyclic) bond motifs is 2. The number of aryl methyl sites for hydroxylation is 4. The van der Waals surface area contributed by atoms with Gasteiger partial charge in [-0.05, 0) is 129 Å². The molecule has 4 aromatic carbocycles. The van der Waals surface area contributed by atoms with Gasteiger partial charge in [0, 0.05) is 88.5 Å². The molecule has 5 N–H and O–H groups in total. The average Bonchev–Trinajstić information content (AvgIpc) is 0.852. The van der Waals surface area contributed by atoms with Gasteiger partial charge in [0.15, 0.2) is 0 Å². The molecular formula is C65H89N6O10S3-. The molecule has 1 aliphatic carbocycles. The normalized spacial score (nSPS) is 13.8. The number of unbranched alkanes of at least 4 members (excludes halogenated alkanes) is 2. The summed E-state index contributed by atoms with van der Waals surface area (Å²) in [5.41, 5.74) is 6.67. The van der Waals surface area contributed by atoms with Crippen LogP contribution >= 0.6 is 0 Å². The number of carbonyl (C=O) groups is 2. The first-order chi connectivity index (χ1) is 39.2. The molecule has 0 saturated heterocycles. The SMILES string of the molecule is CCCCC(CC)CNS(=O)(=O)c1cc2c(-c3ccccc3S(=O)(=O)O)c3cc(N(CC(CC)CCCC)S(=O)[O-])c(Nc4c(C)cc(C)c(NC(=O)CC(C)(C)C)c4C)cc3oc-2cc1=Nc1c(C)cc(C)c(NC(=O)CC(C)(C)C)c1C. The van der Waals surface area contributed by atoms with Gasteiger partial charge < -0.3 is 29.2 Å². The van der Waals surface area contributed by atoms with Crippen molar-refractivity contribution in [3.8, 4) is 22.5 Å². The minimum Gasteiger partial charge on any atom is -0.755 e. The summed E-state index contributed by atoms with van der Waals surface area (Å²) in [6, 6.07) is 15.7. The Morgan fingerprint density at radius 2 is 1.25 bits per heavy atom. The molecule has 84 heavy (non-hydrogen) atoms. The van der Waals surface area contributed by atoms with Gasteiger partial charge in [0.1, 0.15) is 21.1 Å². The fraction of sp³-hybridized carbons (Fsp3) is 0.492. The number of benzene rings is 5. The van der Waals surface area contributed by atoms with E-state index >= 15 is 8.42 Å². The van der Waals surface area contributed by atoms with Crippen LogP contribution in [0.15, 0.2) is 79.9 Å². The summed E-state index contributed by atoms with van der Waals surface area (Å²) < 4.78 is 108. The molecule has 2 amide bonds. The van der Waals surface area contributed by atoms with Crippen LogP contribution in [0.5, 0.6) is 0 Å². The van der Waals surface area contributed by atoms with Crippen molar-refractivity contribution in [3.05, 3.63) is 99.4 Å². The predicted molar refractivity (Wildman–Crippen MR) is 341 cm³/mol. The van der Waals surface area contributed by atoms with Gasteiger partial charge in [-0.2, -0.15) is 8.42 Å². The van der Waals surface area contributed by atoms with Gasteiger partial charge in [-0.1, -0.05) is 138 Å². The zero-order chi connectivity index (χ0) is 62.4. The standard InChI is InChI=1S/C65H90N6O10S3/c1-17-21-25-45(19-3)37-66-83(76,77)56-32-49-54(34-51(56)68-61-40(6)30-42(8)63(44(61)10)70-58(73)36-65(14,15)16)81-53-33-50(67-60-39(5)29-41(7)62(43(60)9)69-57(72)35-64(11,12)13)52(71(82(74)75)38-46(20-4)26-22-18-2)31-48(53)59(49)47-27-23-24-28-55(47)84(78,79)80/h23-24,27-34,45-46,66-67H,17-22,25-26,35-38H2,1-16H3,(H,69,72)(H,70,73)(H,74,75)(H,78,79,80)/p-1. The van der Waals surface area contributed by atoms with Crippen LogP contribution in [-0.2, 0) is 41.0 Å². The van der Waals surface area contributed by atoms with Crippen LogP contribution in [0.1, 0.15) is 167 Å². The number of amides is 2.